The van der Waals surface area contributed by atoms with Gasteiger partial charge in [-0.25, -0.2) is 0 Å². The number of methoxy groups -OCH3 is 1. The predicted molar refractivity (Wildman–Crippen MR) is 79.6 cm³/mol. The van der Waals surface area contributed by atoms with E-state index in [1.807, 2.05) is 43.3 Å². The normalized spacial score (nSPS) is 10.2. The highest BCUT2D eigenvalue weighted by Gasteiger charge is 2.03. The van der Waals surface area contributed by atoms with Gasteiger partial charge in [-0.1, -0.05) is 6.07 Å². The highest BCUT2D eigenvalue weighted by atomic mass is 79.9. The molecule has 4 heteroatoms. The first-order chi connectivity index (χ1) is 8.60. The number of halogens is 1. The lowest BCUT2D eigenvalue weighted by Gasteiger charge is -2.11. The number of nitrogen functional groups attached to an aromatic ring is 1. The van der Waals surface area contributed by atoms with Crippen molar-refractivity contribution in [2.45, 2.75) is 6.92 Å². The van der Waals surface area contributed by atoms with Crippen molar-refractivity contribution in [2.75, 3.05) is 18.2 Å². The lowest BCUT2D eigenvalue weighted by molar-refractivity contribution is 0.415. The number of anilines is 3. The van der Waals surface area contributed by atoms with E-state index in [9.17, 15) is 0 Å². The van der Waals surface area contributed by atoms with Crippen molar-refractivity contribution in [3.05, 3.63) is 46.4 Å². The largest absolute Gasteiger partial charge is 0.497 e. The van der Waals surface area contributed by atoms with E-state index in [0.717, 1.165) is 32.8 Å². The fourth-order valence-corrected chi connectivity index (χ4v) is 1.95. The summed E-state index contributed by atoms with van der Waals surface area (Å²) >= 11 is 3.50. The molecule has 0 aliphatic carbocycles. The van der Waals surface area contributed by atoms with Gasteiger partial charge in [0, 0.05) is 21.9 Å². The molecule has 0 spiro atoms. The van der Waals surface area contributed by atoms with Gasteiger partial charge in [0.15, 0.2) is 0 Å². The Bertz CT molecular complexity index is 570. The zero-order chi connectivity index (χ0) is 13.1. The third-order valence-electron chi connectivity index (χ3n) is 2.73. The van der Waals surface area contributed by atoms with Crippen molar-refractivity contribution in [3.63, 3.8) is 0 Å². The number of benzene rings is 2. The molecule has 0 amide bonds. The summed E-state index contributed by atoms with van der Waals surface area (Å²) in [5.41, 5.74) is 9.64. The fourth-order valence-electron chi connectivity index (χ4n) is 1.60. The van der Waals surface area contributed by atoms with Crippen LogP contribution in [-0.4, -0.2) is 7.11 Å². The van der Waals surface area contributed by atoms with Crippen LogP contribution in [0.4, 0.5) is 17.1 Å². The lowest BCUT2D eigenvalue weighted by Crippen LogP contribution is -1.95. The third-order valence-corrected chi connectivity index (χ3v) is 3.42. The number of rotatable bonds is 3. The van der Waals surface area contributed by atoms with Crippen LogP contribution in [0.5, 0.6) is 5.75 Å². The molecule has 0 saturated heterocycles. The summed E-state index contributed by atoms with van der Waals surface area (Å²) in [7, 11) is 1.65. The van der Waals surface area contributed by atoms with Gasteiger partial charge in [0.1, 0.15) is 5.75 Å². The minimum atomic E-state index is 0.777. The van der Waals surface area contributed by atoms with Crippen molar-refractivity contribution in [2.24, 2.45) is 0 Å². The van der Waals surface area contributed by atoms with Crippen molar-refractivity contribution in [1.29, 1.82) is 0 Å². The van der Waals surface area contributed by atoms with Crippen LogP contribution < -0.4 is 15.8 Å². The smallest absolute Gasteiger partial charge is 0.121 e. The Kier molecular flexibility index (Phi) is 3.77. The van der Waals surface area contributed by atoms with Crippen LogP contribution in [0.25, 0.3) is 0 Å². The lowest BCUT2D eigenvalue weighted by atomic mass is 10.2. The minimum absolute atomic E-state index is 0.777. The predicted octanol–water partition coefficient (Wildman–Crippen LogP) is 4.09. The summed E-state index contributed by atoms with van der Waals surface area (Å²) in [6.45, 7) is 1.99. The zero-order valence-corrected chi connectivity index (χ0v) is 11.9. The van der Waals surface area contributed by atoms with Gasteiger partial charge in [0.2, 0.25) is 0 Å². The van der Waals surface area contributed by atoms with Crippen LogP contribution in [-0.2, 0) is 0 Å². The molecule has 2 aromatic rings. The monoisotopic (exact) mass is 306 g/mol. The Hall–Kier alpha value is -1.68. The molecule has 0 bridgehead atoms. The number of hydrogen-bond donors (Lipinski definition) is 2. The molecular weight excluding hydrogens is 292 g/mol. The first kappa shape index (κ1) is 12.8. The number of nitrogens with one attached hydrogen (secondary N) is 1. The van der Waals surface area contributed by atoms with E-state index in [4.69, 9.17) is 10.5 Å². The maximum absolute atomic E-state index is 5.89. The average Bonchev–Trinajstić information content (AvgIpc) is 2.36. The summed E-state index contributed by atoms with van der Waals surface area (Å²) in [6, 6.07) is 11.7. The topological polar surface area (TPSA) is 47.3 Å². The van der Waals surface area contributed by atoms with Gasteiger partial charge < -0.3 is 15.8 Å². The van der Waals surface area contributed by atoms with Gasteiger partial charge in [0.05, 0.1) is 12.8 Å². The quantitative estimate of drug-likeness (QED) is 0.840. The highest BCUT2D eigenvalue weighted by Crippen LogP contribution is 2.30. The molecule has 0 heterocycles. The number of hydrogen-bond acceptors (Lipinski definition) is 3. The van der Waals surface area contributed by atoms with Crippen LogP contribution >= 0.6 is 15.9 Å². The Morgan fingerprint density at radius 3 is 2.61 bits per heavy atom. The first-order valence-corrected chi connectivity index (χ1v) is 6.36. The summed E-state index contributed by atoms with van der Waals surface area (Å²) in [6.07, 6.45) is 0. The summed E-state index contributed by atoms with van der Waals surface area (Å²) in [5.74, 6) is 0.806. The molecule has 0 radical (unpaired) electrons. The molecule has 94 valence electrons. The van der Waals surface area contributed by atoms with E-state index < -0.39 is 0 Å². The molecule has 0 aliphatic heterocycles. The highest BCUT2D eigenvalue weighted by molar-refractivity contribution is 9.10. The molecule has 0 fully saturated rings. The Balaban J connectivity index is 2.30. The summed E-state index contributed by atoms with van der Waals surface area (Å²) in [5, 5.41) is 3.31. The average molecular weight is 307 g/mol. The number of aryl methyl sites for hydroxylation is 1. The van der Waals surface area contributed by atoms with Crippen LogP contribution in [0.2, 0.25) is 0 Å². The van der Waals surface area contributed by atoms with E-state index >= 15 is 0 Å². The zero-order valence-electron chi connectivity index (χ0n) is 10.3. The van der Waals surface area contributed by atoms with Crippen LogP contribution in [0.3, 0.4) is 0 Å². The summed E-state index contributed by atoms with van der Waals surface area (Å²) in [4.78, 5) is 0. The van der Waals surface area contributed by atoms with Crippen molar-refractivity contribution >= 4 is 33.0 Å². The molecule has 2 aromatic carbocycles. The number of nitrogens with two attached hydrogens (primary N) is 1. The van der Waals surface area contributed by atoms with E-state index in [0.29, 0.717) is 0 Å². The van der Waals surface area contributed by atoms with Gasteiger partial charge in [-0.15, -0.1) is 0 Å². The van der Waals surface area contributed by atoms with Gasteiger partial charge in [-0.2, -0.15) is 0 Å². The SMILES string of the molecule is COc1ccc(Br)c(Nc2ccc(C)c(N)c2)c1. The van der Waals surface area contributed by atoms with E-state index in [1.54, 1.807) is 7.11 Å². The molecule has 18 heavy (non-hydrogen) atoms. The molecule has 0 saturated carbocycles. The second kappa shape index (κ2) is 5.31. The Morgan fingerprint density at radius 1 is 1.17 bits per heavy atom. The molecule has 3 nitrogen and oxygen atoms in total. The number of ether oxygens (including phenoxy) is 1. The molecule has 0 aliphatic rings. The Labute approximate surface area is 115 Å². The van der Waals surface area contributed by atoms with Gasteiger partial charge in [-0.05, 0) is 52.7 Å². The third kappa shape index (κ3) is 2.76. The van der Waals surface area contributed by atoms with Gasteiger partial charge in [-0.3, -0.25) is 0 Å². The second-order valence-corrected chi connectivity index (χ2v) is 4.90. The standard InChI is InChI=1S/C14H15BrN2O/c1-9-3-4-10(7-13(9)16)17-14-8-11(18-2)5-6-12(14)15/h3-8,17H,16H2,1-2H3. The van der Waals surface area contributed by atoms with Crippen LogP contribution in [0.15, 0.2) is 40.9 Å². The summed E-state index contributed by atoms with van der Waals surface area (Å²) < 4.78 is 6.18. The molecule has 0 aromatic heterocycles. The maximum atomic E-state index is 5.89. The van der Waals surface area contributed by atoms with E-state index in [2.05, 4.69) is 21.2 Å². The maximum Gasteiger partial charge on any atom is 0.121 e. The molecule has 2 rings (SSSR count). The molecule has 3 N–H and O–H groups in total. The second-order valence-electron chi connectivity index (χ2n) is 4.04. The van der Waals surface area contributed by atoms with Gasteiger partial charge in [0.25, 0.3) is 0 Å². The van der Waals surface area contributed by atoms with Crippen molar-refractivity contribution < 1.29 is 4.74 Å². The molecule has 0 atom stereocenters. The molecule has 0 unspecified atom stereocenters. The first-order valence-electron chi connectivity index (χ1n) is 5.57. The Morgan fingerprint density at radius 2 is 1.94 bits per heavy atom. The molecular formula is C14H15BrN2O. The fraction of sp³-hybridized carbons (Fsp3) is 0.143. The van der Waals surface area contributed by atoms with Crippen molar-refractivity contribution in [1.82, 2.24) is 0 Å². The van der Waals surface area contributed by atoms with Gasteiger partial charge >= 0.3 is 0 Å². The van der Waals surface area contributed by atoms with E-state index in [-0.39, 0.29) is 0 Å². The van der Waals surface area contributed by atoms with E-state index in [1.165, 1.54) is 0 Å². The minimum Gasteiger partial charge on any atom is -0.497 e. The van der Waals surface area contributed by atoms with Crippen LogP contribution in [0, 0.1) is 6.92 Å². The van der Waals surface area contributed by atoms with Crippen molar-refractivity contribution in [3.8, 4) is 5.75 Å². The van der Waals surface area contributed by atoms with Crippen LogP contribution in [0.1, 0.15) is 5.56 Å².